The third-order valence-electron chi connectivity index (χ3n) is 6.77. The van der Waals surface area contributed by atoms with Gasteiger partial charge in [-0.25, -0.2) is 0 Å². The zero-order valence-electron chi connectivity index (χ0n) is 16.0. The maximum Gasteiger partial charge on any atom is 0.220 e. The van der Waals surface area contributed by atoms with Crippen LogP contribution in [0, 0.1) is 5.92 Å². The largest absolute Gasteiger partial charge is 0.487 e. The molecule has 146 valence electrons. The van der Waals surface area contributed by atoms with Crippen LogP contribution < -0.4 is 10.1 Å². The molecule has 1 N–H and O–H groups in total. The number of nitrogens with one attached hydrogen (secondary N) is 1. The smallest absolute Gasteiger partial charge is 0.220 e. The number of amides is 1. The fourth-order valence-electron chi connectivity index (χ4n) is 5.11. The van der Waals surface area contributed by atoms with Crippen molar-refractivity contribution in [3.63, 3.8) is 0 Å². The summed E-state index contributed by atoms with van der Waals surface area (Å²) in [4.78, 5) is 12.9. The zero-order valence-corrected chi connectivity index (χ0v) is 16.8. The number of rotatable bonds is 3. The summed E-state index contributed by atoms with van der Waals surface area (Å²) in [7, 11) is 0. The van der Waals surface area contributed by atoms with Crippen molar-refractivity contribution in [3.8, 4) is 5.75 Å². The van der Waals surface area contributed by atoms with E-state index >= 15 is 0 Å². The van der Waals surface area contributed by atoms with Crippen molar-refractivity contribution in [1.29, 1.82) is 0 Å². The van der Waals surface area contributed by atoms with Gasteiger partial charge in [-0.05, 0) is 73.8 Å². The van der Waals surface area contributed by atoms with E-state index in [2.05, 4.69) is 29.6 Å². The molecular weight excluding hydrogens is 370 g/mol. The van der Waals surface area contributed by atoms with Gasteiger partial charge in [-0.1, -0.05) is 35.9 Å². The first-order valence-corrected chi connectivity index (χ1v) is 10.8. The highest BCUT2D eigenvalue weighted by Gasteiger charge is 2.46. The van der Waals surface area contributed by atoms with E-state index in [0.29, 0.717) is 17.4 Å². The third-order valence-corrected chi connectivity index (χ3v) is 7.01. The number of hydrogen-bond donors (Lipinski definition) is 1. The van der Waals surface area contributed by atoms with Crippen LogP contribution in [0.2, 0.25) is 5.02 Å². The predicted molar refractivity (Wildman–Crippen MR) is 111 cm³/mol. The molecule has 5 rings (SSSR count). The molecule has 1 heterocycles. The molecule has 1 fully saturated rings. The van der Waals surface area contributed by atoms with Crippen molar-refractivity contribution in [1.82, 2.24) is 5.32 Å². The molecule has 0 radical (unpaired) electrons. The number of fused-ring (bicyclic) bond motifs is 2. The molecule has 2 aromatic rings. The van der Waals surface area contributed by atoms with Crippen LogP contribution in [0.4, 0.5) is 0 Å². The van der Waals surface area contributed by atoms with Crippen LogP contribution in [0.3, 0.4) is 0 Å². The summed E-state index contributed by atoms with van der Waals surface area (Å²) in [6, 6.07) is 14.4. The van der Waals surface area contributed by atoms with Gasteiger partial charge < -0.3 is 10.1 Å². The second-order valence-corrected chi connectivity index (χ2v) is 9.16. The lowest BCUT2D eigenvalue weighted by Gasteiger charge is -2.48. The number of carbonyl (C=O) groups is 1. The van der Waals surface area contributed by atoms with Crippen molar-refractivity contribution >= 4 is 17.5 Å². The van der Waals surface area contributed by atoms with Crippen LogP contribution in [0.15, 0.2) is 42.5 Å². The minimum atomic E-state index is -0.0947. The highest BCUT2D eigenvalue weighted by atomic mass is 35.5. The SMILES string of the molecule is O=C(CC1CCc2ccccc2C1)NC1CC2(CCC2)Oc2ccc(Cl)cc21. The second-order valence-electron chi connectivity index (χ2n) is 8.73. The molecule has 1 saturated carbocycles. The van der Waals surface area contributed by atoms with Crippen molar-refractivity contribution < 1.29 is 9.53 Å². The van der Waals surface area contributed by atoms with Gasteiger partial charge in [0.1, 0.15) is 11.4 Å². The van der Waals surface area contributed by atoms with Crippen LogP contribution in [0.25, 0.3) is 0 Å². The quantitative estimate of drug-likeness (QED) is 0.755. The average molecular weight is 396 g/mol. The Morgan fingerprint density at radius 2 is 2.00 bits per heavy atom. The van der Waals surface area contributed by atoms with Crippen molar-refractivity contribution in [2.45, 2.75) is 63.0 Å². The van der Waals surface area contributed by atoms with E-state index in [1.54, 1.807) is 0 Å². The molecule has 0 aromatic heterocycles. The third kappa shape index (κ3) is 3.41. The van der Waals surface area contributed by atoms with Gasteiger partial charge in [0.15, 0.2) is 0 Å². The molecule has 1 aliphatic heterocycles. The maximum atomic E-state index is 12.9. The summed E-state index contributed by atoms with van der Waals surface area (Å²) in [5.41, 5.74) is 3.78. The Kier molecular flexibility index (Phi) is 4.59. The number of aryl methyl sites for hydroxylation is 1. The van der Waals surface area contributed by atoms with Gasteiger partial charge in [-0.2, -0.15) is 0 Å². The number of hydrogen-bond acceptors (Lipinski definition) is 2. The van der Waals surface area contributed by atoms with Crippen molar-refractivity contribution in [2.75, 3.05) is 0 Å². The summed E-state index contributed by atoms with van der Waals surface area (Å²) in [5.74, 6) is 1.45. The van der Waals surface area contributed by atoms with Crippen LogP contribution in [0.1, 0.15) is 61.3 Å². The predicted octanol–water partition coefficient (Wildman–Crippen LogP) is 5.40. The molecule has 0 bridgehead atoms. The number of benzene rings is 2. The lowest BCUT2D eigenvalue weighted by atomic mass is 9.73. The zero-order chi connectivity index (χ0) is 19.1. The standard InChI is InChI=1S/C24H26ClNO2/c25-19-8-9-22-20(14-19)21(15-24(28-22)10-3-11-24)26-23(27)13-16-6-7-17-4-1-2-5-18(17)12-16/h1-2,4-5,8-9,14,16,21H,3,6-7,10-13,15H2,(H,26,27). The molecule has 4 heteroatoms. The van der Waals surface area contributed by atoms with Crippen LogP contribution in [0.5, 0.6) is 5.75 Å². The second kappa shape index (κ2) is 7.11. The summed E-state index contributed by atoms with van der Waals surface area (Å²) in [6.45, 7) is 0. The van der Waals surface area contributed by atoms with Crippen LogP contribution >= 0.6 is 11.6 Å². The van der Waals surface area contributed by atoms with E-state index in [4.69, 9.17) is 16.3 Å². The van der Waals surface area contributed by atoms with E-state index < -0.39 is 0 Å². The molecule has 1 spiro atoms. The molecular formula is C24H26ClNO2. The molecule has 3 nitrogen and oxygen atoms in total. The van der Waals surface area contributed by atoms with Gasteiger partial charge in [0.05, 0.1) is 6.04 Å². The molecule has 2 unspecified atom stereocenters. The summed E-state index contributed by atoms with van der Waals surface area (Å²) in [5, 5.41) is 4.01. The van der Waals surface area contributed by atoms with Gasteiger partial charge in [0, 0.05) is 23.4 Å². The molecule has 1 amide bonds. The number of ether oxygens (including phenoxy) is 1. The Morgan fingerprint density at radius 3 is 2.79 bits per heavy atom. The normalized spacial score (nSPS) is 24.5. The lowest BCUT2D eigenvalue weighted by molar-refractivity contribution is -0.124. The van der Waals surface area contributed by atoms with E-state index in [9.17, 15) is 4.79 Å². The lowest BCUT2D eigenvalue weighted by Crippen LogP contribution is -2.49. The Labute approximate surface area is 171 Å². The Balaban J connectivity index is 1.29. The van der Waals surface area contributed by atoms with Crippen molar-refractivity contribution in [2.24, 2.45) is 5.92 Å². The topological polar surface area (TPSA) is 38.3 Å². The van der Waals surface area contributed by atoms with Crippen LogP contribution in [-0.2, 0) is 17.6 Å². The van der Waals surface area contributed by atoms with Gasteiger partial charge in [-0.15, -0.1) is 0 Å². The average Bonchev–Trinajstić information content (AvgIpc) is 2.67. The molecule has 2 aliphatic carbocycles. The highest BCUT2D eigenvalue weighted by Crippen LogP contribution is 2.49. The molecule has 2 atom stereocenters. The Bertz CT molecular complexity index is 905. The Hall–Kier alpha value is -2.00. The Morgan fingerprint density at radius 1 is 1.18 bits per heavy atom. The minimum Gasteiger partial charge on any atom is -0.487 e. The summed E-state index contributed by atoms with van der Waals surface area (Å²) < 4.78 is 6.30. The highest BCUT2D eigenvalue weighted by molar-refractivity contribution is 6.30. The molecule has 0 saturated heterocycles. The first-order chi connectivity index (χ1) is 13.6. The van der Waals surface area contributed by atoms with E-state index in [0.717, 1.165) is 49.8 Å². The minimum absolute atomic E-state index is 0.00822. The molecule has 3 aliphatic rings. The van der Waals surface area contributed by atoms with Gasteiger partial charge in [0.2, 0.25) is 5.91 Å². The van der Waals surface area contributed by atoms with Gasteiger partial charge in [-0.3, -0.25) is 4.79 Å². The van der Waals surface area contributed by atoms with E-state index in [1.165, 1.54) is 17.5 Å². The maximum absolute atomic E-state index is 12.9. The monoisotopic (exact) mass is 395 g/mol. The number of halogens is 1. The van der Waals surface area contributed by atoms with E-state index in [-0.39, 0.29) is 17.6 Å². The van der Waals surface area contributed by atoms with Crippen LogP contribution in [-0.4, -0.2) is 11.5 Å². The van der Waals surface area contributed by atoms with Crippen molar-refractivity contribution in [3.05, 3.63) is 64.2 Å². The molecule has 2 aromatic carbocycles. The fourth-order valence-corrected chi connectivity index (χ4v) is 5.29. The first-order valence-electron chi connectivity index (χ1n) is 10.4. The summed E-state index contributed by atoms with van der Waals surface area (Å²) >= 11 is 6.23. The van der Waals surface area contributed by atoms with E-state index in [1.807, 2.05) is 18.2 Å². The fraction of sp³-hybridized carbons (Fsp3) is 0.458. The van der Waals surface area contributed by atoms with Gasteiger partial charge in [0.25, 0.3) is 0 Å². The first kappa shape index (κ1) is 18.1. The number of carbonyl (C=O) groups excluding carboxylic acids is 1. The molecule has 28 heavy (non-hydrogen) atoms. The van der Waals surface area contributed by atoms with Gasteiger partial charge >= 0.3 is 0 Å². The summed E-state index contributed by atoms with van der Waals surface area (Å²) in [6.07, 6.45) is 7.95.